The predicted octanol–water partition coefficient (Wildman–Crippen LogP) is 3.28. The molecule has 0 radical (unpaired) electrons. The third kappa shape index (κ3) is 5.74. The van der Waals surface area contributed by atoms with Crippen LogP contribution in [0.2, 0.25) is 0 Å². The Morgan fingerprint density at radius 1 is 0.848 bits per heavy atom. The highest BCUT2D eigenvalue weighted by molar-refractivity contribution is 5.84. The second kappa shape index (κ2) is 10.7. The molecule has 1 saturated heterocycles. The summed E-state index contributed by atoms with van der Waals surface area (Å²) in [7, 11) is 0. The fourth-order valence-corrected chi connectivity index (χ4v) is 4.10. The zero-order chi connectivity index (χ0) is 23.0. The van der Waals surface area contributed by atoms with Gasteiger partial charge >= 0.3 is 5.97 Å². The quantitative estimate of drug-likeness (QED) is 0.521. The van der Waals surface area contributed by atoms with E-state index in [1.54, 1.807) is 30.3 Å². The lowest BCUT2D eigenvalue weighted by Crippen LogP contribution is -2.52. The number of hydrogen-bond acceptors (Lipinski definition) is 6. The molecule has 1 unspecified atom stereocenters. The maximum atomic E-state index is 12.9. The molecule has 1 aliphatic heterocycles. The lowest BCUT2D eigenvalue weighted by atomic mass is 9.88. The van der Waals surface area contributed by atoms with Crippen LogP contribution in [0.15, 0.2) is 79.1 Å². The minimum atomic E-state index is -0.829. The summed E-state index contributed by atoms with van der Waals surface area (Å²) in [5, 5.41) is 0. The Labute approximate surface area is 194 Å². The number of rotatable bonds is 7. The number of carbonyl (C=O) groups is 2. The van der Waals surface area contributed by atoms with Gasteiger partial charge in [0.2, 0.25) is 5.95 Å². The maximum Gasteiger partial charge on any atom is 0.307 e. The minimum absolute atomic E-state index is 0.128. The largest absolute Gasteiger partial charge is 0.453 e. The van der Waals surface area contributed by atoms with Crippen molar-refractivity contribution < 1.29 is 14.3 Å². The monoisotopic (exact) mass is 444 g/mol. The van der Waals surface area contributed by atoms with Crippen LogP contribution in [-0.2, 0) is 14.3 Å². The highest BCUT2D eigenvalue weighted by atomic mass is 16.5. The first-order valence-corrected chi connectivity index (χ1v) is 11.2. The van der Waals surface area contributed by atoms with Crippen molar-refractivity contribution in [2.24, 2.45) is 0 Å². The van der Waals surface area contributed by atoms with Crippen molar-refractivity contribution in [2.75, 3.05) is 31.1 Å². The van der Waals surface area contributed by atoms with Gasteiger partial charge in [-0.25, -0.2) is 9.97 Å². The van der Waals surface area contributed by atoms with Gasteiger partial charge in [-0.2, -0.15) is 0 Å². The van der Waals surface area contributed by atoms with E-state index in [2.05, 4.69) is 9.97 Å². The molecule has 1 aromatic heterocycles. The van der Waals surface area contributed by atoms with Crippen molar-refractivity contribution in [3.63, 3.8) is 0 Å². The number of carbonyl (C=O) groups excluding carboxylic acids is 2. The van der Waals surface area contributed by atoms with E-state index >= 15 is 0 Å². The van der Waals surface area contributed by atoms with E-state index < -0.39 is 6.10 Å². The Morgan fingerprint density at radius 2 is 1.39 bits per heavy atom. The molecule has 170 valence electrons. The summed E-state index contributed by atoms with van der Waals surface area (Å²) in [5.41, 5.74) is 2.08. The summed E-state index contributed by atoms with van der Waals surface area (Å²) < 4.78 is 5.58. The SMILES string of the molecule is CC(OC(=O)CC(c1ccccc1)c1ccccc1)C(=O)N1CCN(c2ncccn2)CC1. The predicted molar refractivity (Wildman–Crippen MR) is 126 cm³/mol. The molecule has 0 aliphatic carbocycles. The number of esters is 1. The summed E-state index contributed by atoms with van der Waals surface area (Å²) in [6.07, 6.45) is 2.76. The third-order valence-electron chi connectivity index (χ3n) is 5.86. The van der Waals surface area contributed by atoms with E-state index in [9.17, 15) is 9.59 Å². The lowest BCUT2D eigenvalue weighted by molar-refractivity contribution is -0.159. The van der Waals surface area contributed by atoms with Gasteiger partial charge in [0.25, 0.3) is 5.91 Å². The van der Waals surface area contributed by atoms with Crippen LogP contribution in [0.25, 0.3) is 0 Å². The number of anilines is 1. The first-order chi connectivity index (χ1) is 16.1. The van der Waals surface area contributed by atoms with Crippen LogP contribution < -0.4 is 4.90 Å². The fourth-order valence-electron chi connectivity index (χ4n) is 4.10. The number of hydrogen-bond donors (Lipinski definition) is 0. The maximum absolute atomic E-state index is 12.9. The molecule has 33 heavy (non-hydrogen) atoms. The minimum Gasteiger partial charge on any atom is -0.453 e. The summed E-state index contributed by atoms with van der Waals surface area (Å²) in [5.74, 6) is -0.0219. The number of piperazine rings is 1. The van der Waals surface area contributed by atoms with Crippen molar-refractivity contribution >= 4 is 17.8 Å². The van der Waals surface area contributed by atoms with Gasteiger partial charge < -0.3 is 14.5 Å². The molecule has 7 heteroatoms. The summed E-state index contributed by atoms with van der Waals surface area (Å²) >= 11 is 0. The number of nitrogens with zero attached hydrogens (tertiary/aromatic N) is 4. The van der Waals surface area contributed by atoms with Gasteiger partial charge in [0.15, 0.2) is 6.10 Å². The Bertz CT molecular complexity index is 999. The molecule has 4 rings (SSSR count). The van der Waals surface area contributed by atoms with Crippen LogP contribution in [0.3, 0.4) is 0 Å². The Balaban J connectivity index is 1.34. The number of benzene rings is 2. The van der Waals surface area contributed by atoms with E-state index in [4.69, 9.17) is 4.74 Å². The highest BCUT2D eigenvalue weighted by Crippen LogP contribution is 2.28. The average molecular weight is 445 g/mol. The summed E-state index contributed by atoms with van der Waals surface area (Å²) in [4.78, 5) is 38.0. The van der Waals surface area contributed by atoms with E-state index in [0.717, 1.165) is 11.1 Å². The Kier molecular flexibility index (Phi) is 7.29. The van der Waals surface area contributed by atoms with Gasteiger partial charge in [0, 0.05) is 44.5 Å². The van der Waals surface area contributed by atoms with Crippen LogP contribution in [0.4, 0.5) is 5.95 Å². The van der Waals surface area contributed by atoms with Crippen LogP contribution in [-0.4, -0.2) is 59.0 Å². The molecule has 0 spiro atoms. The summed E-state index contributed by atoms with van der Waals surface area (Å²) in [6.45, 7) is 4.00. The van der Waals surface area contributed by atoms with E-state index in [-0.39, 0.29) is 24.2 Å². The lowest BCUT2D eigenvalue weighted by Gasteiger charge is -2.35. The summed E-state index contributed by atoms with van der Waals surface area (Å²) in [6, 6.07) is 21.6. The Hall–Kier alpha value is -3.74. The average Bonchev–Trinajstić information content (AvgIpc) is 2.88. The van der Waals surface area contributed by atoms with Gasteiger partial charge in [-0.15, -0.1) is 0 Å². The third-order valence-corrected chi connectivity index (χ3v) is 5.86. The molecule has 2 aromatic carbocycles. The molecule has 1 fully saturated rings. The molecular weight excluding hydrogens is 416 g/mol. The van der Waals surface area contributed by atoms with Crippen molar-refractivity contribution in [3.05, 3.63) is 90.3 Å². The zero-order valence-corrected chi connectivity index (χ0v) is 18.7. The van der Waals surface area contributed by atoms with Crippen LogP contribution in [0, 0.1) is 0 Å². The van der Waals surface area contributed by atoms with Gasteiger partial charge in [-0.05, 0) is 24.1 Å². The molecular formula is C26H28N4O3. The van der Waals surface area contributed by atoms with Crippen LogP contribution in [0.5, 0.6) is 0 Å². The van der Waals surface area contributed by atoms with Gasteiger partial charge in [0.1, 0.15) is 0 Å². The molecule has 1 amide bonds. The van der Waals surface area contributed by atoms with Crippen LogP contribution >= 0.6 is 0 Å². The number of amides is 1. The van der Waals surface area contributed by atoms with E-state index in [0.29, 0.717) is 32.1 Å². The van der Waals surface area contributed by atoms with Gasteiger partial charge in [0.05, 0.1) is 6.42 Å². The molecule has 2 heterocycles. The molecule has 1 atom stereocenters. The number of ether oxygens (including phenoxy) is 1. The zero-order valence-electron chi connectivity index (χ0n) is 18.7. The molecule has 1 aliphatic rings. The van der Waals surface area contributed by atoms with Crippen molar-refractivity contribution in [2.45, 2.75) is 25.4 Å². The van der Waals surface area contributed by atoms with Gasteiger partial charge in [-0.3, -0.25) is 9.59 Å². The Morgan fingerprint density at radius 3 is 1.94 bits per heavy atom. The fraction of sp³-hybridized carbons (Fsp3) is 0.308. The van der Waals surface area contributed by atoms with E-state index in [1.807, 2.05) is 65.6 Å². The van der Waals surface area contributed by atoms with Crippen molar-refractivity contribution in [3.8, 4) is 0 Å². The molecule has 0 bridgehead atoms. The standard InChI is InChI=1S/C26H28N4O3/c1-20(25(32)29-15-17-30(18-16-29)26-27-13-8-14-28-26)33-24(31)19-23(21-9-4-2-5-10-21)22-11-6-3-7-12-22/h2-14,20,23H,15-19H2,1H3. The topological polar surface area (TPSA) is 75.6 Å². The van der Waals surface area contributed by atoms with Crippen LogP contribution in [0.1, 0.15) is 30.4 Å². The first-order valence-electron chi connectivity index (χ1n) is 11.2. The molecule has 3 aromatic rings. The second-order valence-corrected chi connectivity index (χ2v) is 8.07. The van der Waals surface area contributed by atoms with Crippen molar-refractivity contribution in [1.82, 2.24) is 14.9 Å². The van der Waals surface area contributed by atoms with E-state index in [1.165, 1.54) is 0 Å². The normalized spacial score (nSPS) is 14.7. The molecule has 0 N–H and O–H groups in total. The molecule has 7 nitrogen and oxygen atoms in total. The smallest absolute Gasteiger partial charge is 0.307 e. The van der Waals surface area contributed by atoms with Gasteiger partial charge in [-0.1, -0.05) is 60.7 Å². The highest BCUT2D eigenvalue weighted by Gasteiger charge is 2.29. The van der Waals surface area contributed by atoms with Crippen molar-refractivity contribution in [1.29, 1.82) is 0 Å². The number of aromatic nitrogens is 2. The second-order valence-electron chi connectivity index (χ2n) is 8.07. The molecule has 0 saturated carbocycles. The first kappa shape index (κ1) is 22.5.